The van der Waals surface area contributed by atoms with E-state index in [1.807, 2.05) is 0 Å². The highest BCUT2D eigenvalue weighted by Gasteiger charge is 2.65. The van der Waals surface area contributed by atoms with Gasteiger partial charge in [0, 0.05) is 40.5 Å². The molecule has 0 aromatic heterocycles. The molecule has 17 nitrogen and oxygen atoms in total. The lowest BCUT2D eigenvalue weighted by atomic mass is 9.99. The summed E-state index contributed by atoms with van der Waals surface area (Å²) in [5.41, 5.74) is -8.34. The fraction of sp³-hybridized carbons (Fsp3) is 0.389. The first kappa shape index (κ1) is 51.0. The minimum atomic E-state index is -5.98. The molecule has 0 spiro atoms. The predicted molar refractivity (Wildman–Crippen MR) is 208 cm³/mol. The number of halogens is 8. The van der Waals surface area contributed by atoms with Gasteiger partial charge in [-0.1, -0.05) is 64.5 Å². The Morgan fingerprint density at radius 2 is 1.24 bits per heavy atom. The van der Waals surface area contributed by atoms with Crippen LogP contribution in [0.3, 0.4) is 0 Å². The fourth-order valence-corrected chi connectivity index (χ4v) is 7.47. The van der Waals surface area contributed by atoms with Crippen molar-refractivity contribution in [2.75, 3.05) is 7.11 Å². The Morgan fingerprint density at radius 1 is 0.746 bits per heavy atom. The third kappa shape index (κ3) is 12.6. The van der Waals surface area contributed by atoms with E-state index in [1.165, 1.54) is 6.07 Å². The summed E-state index contributed by atoms with van der Waals surface area (Å²) in [4.78, 5) is 88.7. The van der Waals surface area contributed by atoms with E-state index in [4.69, 9.17) is 25.3 Å². The molecule has 0 radical (unpaired) electrons. The molecule has 0 aliphatic carbocycles. The van der Waals surface area contributed by atoms with E-state index in [2.05, 4.69) is 46.8 Å². The van der Waals surface area contributed by atoms with Crippen LogP contribution in [0.4, 0.5) is 30.7 Å². The maximum Gasteiger partial charge on any atom is 0.442 e. The molecular formula is C36H38BrF7N6O11P2. The molecule has 0 saturated heterocycles. The van der Waals surface area contributed by atoms with Crippen LogP contribution >= 0.6 is 31.1 Å². The molecule has 3 aromatic carbocycles. The number of hydrogen-bond acceptors (Lipinski definition) is 10. The number of amides is 3. The molecule has 1 heterocycles. The number of hydrogen-bond donors (Lipinski definition) is 8. The number of nitrogens with one attached hydrogen (secondary N) is 3. The Bertz CT molecular complexity index is 2310. The third-order valence-electron chi connectivity index (χ3n) is 9.58. The Morgan fingerprint density at radius 3 is 1.70 bits per heavy atom. The minimum absolute atomic E-state index is 0.0266. The SMILES string of the molecule is COC(=O)CC[C@H](NCc1cc(Br)cc(C2(C(F)(F)F)N=N2)c1)C(=O)NC(Cc1ccc(C(F)(F)P(=O)(O)O)cc1)C(=O)N[C@@H](CCc1ccc(C(F)(F)P(=O)(O)O)cc1)C(N)=O. The first-order chi connectivity index (χ1) is 29.0. The van der Waals surface area contributed by atoms with Crippen molar-refractivity contribution >= 4 is 54.8 Å². The van der Waals surface area contributed by atoms with Gasteiger partial charge in [-0.15, -0.1) is 10.2 Å². The highest BCUT2D eigenvalue weighted by atomic mass is 79.9. The van der Waals surface area contributed by atoms with Crippen LogP contribution in [0.1, 0.15) is 52.6 Å². The van der Waals surface area contributed by atoms with Gasteiger partial charge in [0.25, 0.3) is 0 Å². The average Bonchev–Trinajstić information content (AvgIpc) is 4.01. The monoisotopic (exact) mass is 1000 g/mol. The van der Waals surface area contributed by atoms with E-state index >= 15 is 0 Å². The molecule has 3 atom stereocenters. The van der Waals surface area contributed by atoms with Crippen molar-refractivity contribution in [2.45, 2.75) is 79.9 Å². The number of carbonyl (C=O) groups excluding carboxylic acids is 4. The van der Waals surface area contributed by atoms with Gasteiger partial charge in [0.2, 0.25) is 17.7 Å². The summed E-state index contributed by atoms with van der Waals surface area (Å²) in [6.45, 7) is -0.312. The lowest BCUT2D eigenvalue weighted by Gasteiger charge is -2.25. The van der Waals surface area contributed by atoms with Crippen LogP contribution in [-0.4, -0.2) is 74.7 Å². The number of nitrogens with zero attached hydrogens (tertiary/aromatic N) is 2. The maximum atomic E-state index is 14.4. The molecule has 1 aliphatic heterocycles. The van der Waals surface area contributed by atoms with Gasteiger partial charge in [0.15, 0.2) is 0 Å². The second kappa shape index (κ2) is 19.6. The number of ether oxygens (including phenoxy) is 1. The molecule has 0 fully saturated rings. The van der Waals surface area contributed by atoms with Gasteiger partial charge >= 0.3 is 44.3 Å². The lowest BCUT2D eigenvalue weighted by Crippen LogP contribution is -2.56. The molecule has 63 heavy (non-hydrogen) atoms. The van der Waals surface area contributed by atoms with Crippen LogP contribution in [0.15, 0.2) is 81.4 Å². The molecule has 344 valence electrons. The first-order valence-electron chi connectivity index (χ1n) is 18.1. The molecule has 9 N–H and O–H groups in total. The zero-order valence-corrected chi connectivity index (χ0v) is 35.7. The van der Waals surface area contributed by atoms with Crippen LogP contribution in [-0.2, 0) is 69.4 Å². The standard InChI is InChI=1S/C36H38BrF7N6O11P2/c1-61-29(51)13-12-27(46-18-21-14-24(17-25(37)15-21)33(49-50-33)36(42,43)44)31(53)48-28(16-20-4-9-23(10-5-20)35(40,41)63(58,59)60)32(54)47-26(30(45)52)11-6-19-2-7-22(8-3-19)34(38,39)62(55,56)57/h2-5,7-10,14-15,17,26-28,46H,6,11-13,16,18H2,1H3,(H2,45,52)(H,47,54)(H,48,53)(H2,55,56,57)(H2,58,59,60)/t26-,27-,28?/m0/s1. The second-order valence-electron chi connectivity index (χ2n) is 14.1. The van der Waals surface area contributed by atoms with E-state index in [1.54, 1.807) is 0 Å². The van der Waals surface area contributed by atoms with Crippen LogP contribution in [0.2, 0.25) is 0 Å². The lowest BCUT2D eigenvalue weighted by molar-refractivity contribution is -0.166. The van der Waals surface area contributed by atoms with Crippen molar-refractivity contribution in [3.63, 3.8) is 0 Å². The summed E-state index contributed by atoms with van der Waals surface area (Å²) in [5.74, 6) is -4.00. The highest BCUT2D eigenvalue weighted by Crippen LogP contribution is 2.60. The van der Waals surface area contributed by atoms with E-state index in [0.717, 1.165) is 55.6 Å². The number of nitrogens with two attached hydrogens (primary N) is 1. The van der Waals surface area contributed by atoms with Crippen molar-refractivity contribution in [2.24, 2.45) is 16.0 Å². The normalized spacial score (nSPS) is 15.5. The molecule has 3 aromatic rings. The van der Waals surface area contributed by atoms with Crippen LogP contribution in [0, 0.1) is 0 Å². The molecule has 1 aliphatic rings. The average molecular weight is 1010 g/mol. The van der Waals surface area contributed by atoms with Crippen molar-refractivity contribution in [1.29, 1.82) is 0 Å². The number of primary amides is 1. The smallest absolute Gasteiger partial charge is 0.442 e. The number of alkyl halides is 7. The van der Waals surface area contributed by atoms with E-state index < -0.39 is 104 Å². The minimum Gasteiger partial charge on any atom is -0.469 e. The van der Waals surface area contributed by atoms with Gasteiger partial charge in [0.1, 0.15) is 12.1 Å². The van der Waals surface area contributed by atoms with Gasteiger partial charge < -0.3 is 46.0 Å². The van der Waals surface area contributed by atoms with Gasteiger partial charge in [-0.25, -0.2) is 0 Å². The van der Waals surface area contributed by atoms with Crippen molar-refractivity contribution in [3.05, 3.63) is 105 Å². The summed E-state index contributed by atoms with van der Waals surface area (Å²) in [5, 5.41) is 13.9. The largest absolute Gasteiger partial charge is 0.469 e. The first-order valence-corrected chi connectivity index (χ1v) is 22.1. The Balaban J connectivity index is 1.60. The molecule has 0 bridgehead atoms. The number of carbonyl (C=O) groups is 4. The van der Waals surface area contributed by atoms with E-state index in [9.17, 15) is 59.0 Å². The molecular weight excluding hydrogens is 967 g/mol. The number of methoxy groups -OCH3 is 1. The number of benzene rings is 3. The zero-order chi connectivity index (χ0) is 47.3. The summed E-state index contributed by atoms with van der Waals surface area (Å²) >= 11 is 3.14. The van der Waals surface area contributed by atoms with Crippen molar-refractivity contribution in [3.8, 4) is 0 Å². The topological polar surface area (TPSA) is 279 Å². The Kier molecular flexibility index (Phi) is 15.9. The third-order valence-corrected chi connectivity index (χ3v) is 12.0. The van der Waals surface area contributed by atoms with Crippen molar-refractivity contribution in [1.82, 2.24) is 16.0 Å². The van der Waals surface area contributed by atoms with Crippen LogP contribution < -0.4 is 21.7 Å². The fourth-order valence-electron chi connectivity index (χ4n) is 5.96. The predicted octanol–water partition coefficient (Wildman–Crippen LogP) is 4.83. The molecule has 27 heteroatoms. The Labute approximate surface area is 360 Å². The van der Waals surface area contributed by atoms with Gasteiger partial charge in [-0.2, -0.15) is 30.7 Å². The summed E-state index contributed by atoms with van der Waals surface area (Å²) in [6.07, 6.45) is -6.55. The summed E-state index contributed by atoms with van der Waals surface area (Å²) in [7, 11) is -10.8. The molecule has 0 saturated carbocycles. The number of aryl methyl sites for hydroxylation is 1. The van der Waals surface area contributed by atoms with Crippen LogP contribution in [0.25, 0.3) is 0 Å². The van der Waals surface area contributed by atoms with Crippen LogP contribution in [0.5, 0.6) is 0 Å². The summed E-state index contributed by atoms with van der Waals surface area (Å²) in [6, 6.07) is 6.01. The van der Waals surface area contributed by atoms with E-state index in [-0.39, 0.29) is 52.5 Å². The Hall–Kier alpha value is -4.61. The second-order valence-corrected chi connectivity index (χ2v) is 18.3. The quantitative estimate of drug-likeness (QED) is 0.0405. The maximum absolute atomic E-state index is 14.4. The van der Waals surface area contributed by atoms with E-state index in [0.29, 0.717) is 12.1 Å². The number of esters is 1. The van der Waals surface area contributed by atoms with Gasteiger partial charge in [-0.3, -0.25) is 28.3 Å². The molecule has 1 unspecified atom stereocenters. The molecule has 4 rings (SSSR count). The number of rotatable bonds is 21. The van der Waals surface area contributed by atoms with Gasteiger partial charge in [-0.05, 0) is 54.2 Å². The zero-order valence-electron chi connectivity index (χ0n) is 32.4. The van der Waals surface area contributed by atoms with Gasteiger partial charge in [0.05, 0.1) is 13.2 Å². The molecule has 3 amide bonds. The summed E-state index contributed by atoms with van der Waals surface area (Å²) < 4.78 is 126. The van der Waals surface area contributed by atoms with Crippen molar-refractivity contribution < 1.29 is 83.4 Å². The highest BCUT2D eigenvalue weighted by molar-refractivity contribution is 9.10.